The zero-order valence-electron chi connectivity index (χ0n) is 15.3. The van der Waals surface area contributed by atoms with Crippen LogP contribution in [0.1, 0.15) is 12.8 Å². The number of benzene rings is 1. The Hall–Kier alpha value is -3.63. The summed E-state index contributed by atoms with van der Waals surface area (Å²) < 4.78 is 40.9. The number of fused-ring (bicyclic) bond motifs is 1. The van der Waals surface area contributed by atoms with E-state index in [1.54, 1.807) is 12.1 Å². The normalized spacial score (nSPS) is 18.8. The van der Waals surface area contributed by atoms with Crippen molar-refractivity contribution in [2.24, 2.45) is 0 Å². The lowest BCUT2D eigenvalue weighted by Crippen LogP contribution is -2.51. The van der Waals surface area contributed by atoms with Crippen molar-refractivity contribution in [1.29, 1.82) is 0 Å². The highest BCUT2D eigenvalue weighted by atomic mass is 19.4. The monoisotopic (exact) mass is 420 g/mol. The van der Waals surface area contributed by atoms with Crippen molar-refractivity contribution in [3.8, 4) is 5.75 Å². The van der Waals surface area contributed by atoms with Gasteiger partial charge >= 0.3 is 6.36 Å². The van der Waals surface area contributed by atoms with Crippen molar-refractivity contribution in [1.82, 2.24) is 4.98 Å². The zero-order valence-corrected chi connectivity index (χ0v) is 15.3. The molecule has 0 saturated carbocycles. The van der Waals surface area contributed by atoms with E-state index in [9.17, 15) is 27.6 Å². The van der Waals surface area contributed by atoms with Crippen LogP contribution in [-0.2, 0) is 14.4 Å². The molecule has 8 nitrogen and oxygen atoms in total. The van der Waals surface area contributed by atoms with Gasteiger partial charge in [0.25, 0.3) is 5.91 Å². The molecule has 0 bridgehead atoms. The van der Waals surface area contributed by atoms with Crippen molar-refractivity contribution < 1.29 is 32.3 Å². The predicted octanol–water partition coefficient (Wildman–Crippen LogP) is 2.46. The molecule has 0 radical (unpaired) electrons. The highest BCUT2D eigenvalue weighted by Crippen LogP contribution is 2.33. The summed E-state index contributed by atoms with van der Waals surface area (Å²) in [6, 6.07) is 7.01. The Morgan fingerprint density at radius 2 is 1.90 bits per heavy atom. The maximum atomic E-state index is 13.2. The Morgan fingerprint density at radius 3 is 2.60 bits per heavy atom. The molecule has 11 heteroatoms. The second-order valence-electron chi connectivity index (χ2n) is 6.71. The molecule has 0 spiro atoms. The number of hydrogen-bond acceptors (Lipinski definition) is 5. The van der Waals surface area contributed by atoms with Gasteiger partial charge in [-0.25, -0.2) is 4.98 Å². The van der Waals surface area contributed by atoms with E-state index in [1.807, 2.05) is 0 Å². The van der Waals surface area contributed by atoms with E-state index in [0.717, 1.165) is 12.1 Å². The minimum Gasteiger partial charge on any atom is -0.406 e. The fourth-order valence-electron chi connectivity index (χ4n) is 3.53. The van der Waals surface area contributed by atoms with Crippen LogP contribution in [0.25, 0.3) is 0 Å². The first-order chi connectivity index (χ1) is 14.2. The van der Waals surface area contributed by atoms with E-state index in [1.165, 1.54) is 28.1 Å². The minimum absolute atomic E-state index is 0.0896. The first kappa shape index (κ1) is 19.7. The number of carbonyl (C=O) groups excluding carboxylic acids is 3. The third-order valence-electron chi connectivity index (χ3n) is 4.73. The molecule has 1 N–H and O–H groups in total. The largest absolute Gasteiger partial charge is 0.573 e. The quantitative estimate of drug-likeness (QED) is 0.824. The highest BCUT2D eigenvalue weighted by Gasteiger charge is 2.42. The Balaban J connectivity index is 1.61. The summed E-state index contributed by atoms with van der Waals surface area (Å²) in [5.74, 6) is -1.40. The second kappa shape index (κ2) is 7.32. The lowest BCUT2D eigenvalue weighted by molar-refractivity contribution is -0.274. The minimum atomic E-state index is -4.83. The molecule has 2 aromatic rings. The molecule has 156 valence electrons. The smallest absolute Gasteiger partial charge is 0.406 e. The van der Waals surface area contributed by atoms with Crippen LogP contribution in [0.4, 0.5) is 30.4 Å². The number of pyridine rings is 1. The van der Waals surface area contributed by atoms with E-state index >= 15 is 0 Å². The van der Waals surface area contributed by atoms with Crippen LogP contribution in [0.3, 0.4) is 0 Å². The topological polar surface area (TPSA) is 91.8 Å². The van der Waals surface area contributed by atoms with Crippen LogP contribution in [0.5, 0.6) is 5.75 Å². The van der Waals surface area contributed by atoms with Crippen molar-refractivity contribution >= 4 is 34.9 Å². The number of carbonyl (C=O) groups is 3. The summed E-state index contributed by atoms with van der Waals surface area (Å²) in [5, 5.41) is 2.63. The number of rotatable bonds is 3. The average molecular weight is 420 g/mol. The predicted molar refractivity (Wildman–Crippen MR) is 98.9 cm³/mol. The number of ether oxygens (including phenoxy) is 1. The van der Waals surface area contributed by atoms with Gasteiger partial charge in [-0.05, 0) is 42.8 Å². The number of nitrogens with zero attached hydrogens (tertiary/aromatic N) is 3. The van der Waals surface area contributed by atoms with Crippen LogP contribution >= 0.6 is 0 Å². The third-order valence-corrected chi connectivity index (χ3v) is 4.73. The standard InChI is InChI=1S/C19H15F3N4O4/c20-19(21,22)30-12-5-3-11(4-6-12)26-14(7-8-16(26)28)18(29)25-10-15(27)24-13-2-1-9-23-17(13)25/h1-6,9,14H,7-8,10H2,(H,24,27). The summed E-state index contributed by atoms with van der Waals surface area (Å²) in [5.41, 5.74) is 0.639. The number of nitrogens with one attached hydrogen (secondary N) is 1. The zero-order chi connectivity index (χ0) is 21.5. The molecule has 3 amide bonds. The summed E-state index contributed by atoms with van der Waals surface area (Å²) in [6.45, 7) is -0.250. The third kappa shape index (κ3) is 3.78. The molecule has 1 fully saturated rings. The summed E-state index contributed by atoms with van der Waals surface area (Å²) in [7, 11) is 0. The SMILES string of the molecule is O=C1CN(C(=O)C2CCC(=O)N2c2ccc(OC(F)(F)F)cc2)c2ncccc2N1. The van der Waals surface area contributed by atoms with Gasteiger partial charge in [-0.1, -0.05) is 0 Å². The van der Waals surface area contributed by atoms with Crippen LogP contribution in [0.2, 0.25) is 0 Å². The lowest BCUT2D eigenvalue weighted by Gasteiger charge is -2.32. The van der Waals surface area contributed by atoms with Crippen LogP contribution in [0, 0.1) is 0 Å². The van der Waals surface area contributed by atoms with Crippen LogP contribution in [0.15, 0.2) is 42.6 Å². The summed E-state index contributed by atoms with van der Waals surface area (Å²) in [6.07, 6.45) is -3.06. The fraction of sp³-hybridized carbons (Fsp3) is 0.263. The first-order valence-electron chi connectivity index (χ1n) is 8.97. The Kier molecular flexibility index (Phi) is 4.80. The van der Waals surface area contributed by atoms with Gasteiger partial charge in [-0.2, -0.15) is 0 Å². The number of alkyl halides is 3. The van der Waals surface area contributed by atoms with Gasteiger partial charge in [-0.15, -0.1) is 13.2 Å². The highest BCUT2D eigenvalue weighted by molar-refractivity contribution is 6.14. The van der Waals surface area contributed by atoms with Gasteiger partial charge < -0.3 is 10.1 Å². The van der Waals surface area contributed by atoms with Crippen LogP contribution in [-0.4, -0.2) is 41.7 Å². The number of halogens is 3. The molecule has 2 aliphatic heterocycles. The molecule has 1 aromatic carbocycles. The van der Waals surface area contributed by atoms with Crippen molar-refractivity contribution in [3.63, 3.8) is 0 Å². The van der Waals surface area contributed by atoms with Gasteiger partial charge in [0.15, 0.2) is 5.82 Å². The van der Waals surface area contributed by atoms with Gasteiger partial charge in [-0.3, -0.25) is 24.2 Å². The van der Waals surface area contributed by atoms with Crippen molar-refractivity contribution in [2.45, 2.75) is 25.2 Å². The summed E-state index contributed by atoms with van der Waals surface area (Å²) in [4.78, 5) is 44.3. The van der Waals surface area contributed by atoms with Crippen molar-refractivity contribution in [3.05, 3.63) is 42.6 Å². The molecule has 2 aliphatic rings. The Morgan fingerprint density at radius 1 is 1.17 bits per heavy atom. The number of anilines is 3. The maximum absolute atomic E-state index is 13.2. The first-order valence-corrected chi connectivity index (χ1v) is 8.97. The molecular formula is C19H15F3N4O4. The fourth-order valence-corrected chi connectivity index (χ4v) is 3.53. The van der Waals surface area contributed by atoms with Gasteiger partial charge in [0.05, 0.1) is 5.69 Å². The van der Waals surface area contributed by atoms with Gasteiger partial charge in [0.2, 0.25) is 11.8 Å². The molecule has 3 heterocycles. The molecule has 1 unspecified atom stereocenters. The molecule has 1 aromatic heterocycles. The van der Waals surface area contributed by atoms with E-state index in [2.05, 4.69) is 15.0 Å². The molecule has 4 rings (SSSR count). The maximum Gasteiger partial charge on any atom is 0.573 e. The van der Waals surface area contributed by atoms with Gasteiger partial charge in [0.1, 0.15) is 18.3 Å². The Labute approximate surface area is 168 Å². The van der Waals surface area contributed by atoms with E-state index in [4.69, 9.17) is 0 Å². The second-order valence-corrected chi connectivity index (χ2v) is 6.71. The molecule has 1 atom stereocenters. The molecule has 0 aliphatic carbocycles. The van der Waals surface area contributed by atoms with Crippen molar-refractivity contribution in [2.75, 3.05) is 21.7 Å². The lowest BCUT2D eigenvalue weighted by atomic mass is 10.1. The molecular weight excluding hydrogens is 405 g/mol. The van der Waals surface area contributed by atoms with E-state index < -0.39 is 30.0 Å². The summed E-state index contributed by atoms with van der Waals surface area (Å²) >= 11 is 0. The molecule has 30 heavy (non-hydrogen) atoms. The van der Waals surface area contributed by atoms with E-state index in [-0.39, 0.29) is 36.8 Å². The average Bonchev–Trinajstić information content (AvgIpc) is 3.07. The van der Waals surface area contributed by atoms with Crippen LogP contribution < -0.4 is 19.9 Å². The molecule has 1 saturated heterocycles. The van der Waals surface area contributed by atoms with Gasteiger partial charge in [0, 0.05) is 18.3 Å². The number of aromatic nitrogens is 1. The Bertz CT molecular complexity index is 1010. The number of hydrogen-bond donors (Lipinski definition) is 1. The van der Waals surface area contributed by atoms with E-state index in [0.29, 0.717) is 5.69 Å². The number of amides is 3.